The van der Waals surface area contributed by atoms with Gasteiger partial charge in [-0.05, 0) is 188 Å². The second-order valence-electron chi connectivity index (χ2n) is 19.6. The number of carbonyl (C=O) groups is 2. The molecule has 0 aliphatic rings. The maximum atomic E-state index is 12.8. The Morgan fingerprint density at radius 3 is 1.13 bits per heavy atom. The number of aromatic nitrogens is 8. The molecule has 384 valence electrons. The summed E-state index contributed by atoms with van der Waals surface area (Å²) in [5, 5.41) is 6.01. The fourth-order valence-electron chi connectivity index (χ4n) is 9.09. The van der Waals surface area contributed by atoms with Gasteiger partial charge in [0, 0.05) is 46.5 Å². The van der Waals surface area contributed by atoms with Crippen LogP contribution in [0.4, 0.5) is 0 Å². The highest BCUT2D eigenvalue weighted by Gasteiger charge is 2.15. The number of nitrogens with one attached hydrogen (secondary N) is 6. The molecule has 0 radical (unpaired) electrons. The monoisotopic (exact) mass is 1000 g/mol. The minimum absolute atomic E-state index is 0.0879. The summed E-state index contributed by atoms with van der Waals surface area (Å²) in [5.41, 5.74) is 11.8. The zero-order chi connectivity index (χ0) is 51.7. The number of H-pyrrole nitrogens is 4. The van der Waals surface area contributed by atoms with Gasteiger partial charge in [-0.25, -0.2) is 19.9 Å². The summed E-state index contributed by atoms with van der Waals surface area (Å²) in [5.74, 6) is 4.52. The van der Waals surface area contributed by atoms with Crippen molar-refractivity contribution in [1.82, 2.24) is 60.3 Å². The van der Waals surface area contributed by atoms with Crippen molar-refractivity contribution in [2.75, 3.05) is 67.6 Å². The lowest BCUT2D eigenvalue weighted by Crippen LogP contribution is -2.27. The van der Waals surface area contributed by atoms with E-state index in [0.717, 1.165) is 159 Å². The van der Waals surface area contributed by atoms with Crippen molar-refractivity contribution >= 4 is 55.9 Å². The lowest BCUT2D eigenvalue weighted by Gasteiger charge is -2.09. The van der Waals surface area contributed by atoms with Gasteiger partial charge in [-0.2, -0.15) is 0 Å². The molecule has 2 amide bonds. The summed E-state index contributed by atoms with van der Waals surface area (Å²) in [6.45, 7) is 4.43. The summed E-state index contributed by atoms with van der Waals surface area (Å²) >= 11 is 0. The molecule has 10 aromatic rings. The molecule has 0 atom stereocenters. The number of benzene rings is 6. The Bertz CT molecular complexity index is 3320. The number of carbonyl (C=O) groups excluding carboxylic acids is 2. The minimum Gasteiger partial charge on any atom is -0.494 e. The molecule has 4 aromatic heterocycles. The molecule has 75 heavy (non-hydrogen) atoms. The number of hydrogen-bond donors (Lipinski definition) is 6. The zero-order valence-electron chi connectivity index (χ0n) is 43.1. The normalized spacial score (nSPS) is 11.7. The molecule has 6 N–H and O–H groups in total. The first-order chi connectivity index (χ1) is 36.6. The quantitative estimate of drug-likeness (QED) is 0.0317. The topological polar surface area (TPSA) is 198 Å². The van der Waals surface area contributed by atoms with Crippen molar-refractivity contribution in [2.24, 2.45) is 0 Å². The summed E-state index contributed by atoms with van der Waals surface area (Å²) in [4.78, 5) is 62.8. The Hall–Kier alpha value is -8.34. The van der Waals surface area contributed by atoms with E-state index in [0.29, 0.717) is 37.4 Å². The van der Waals surface area contributed by atoms with Crippen LogP contribution >= 0.6 is 0 Å². The molecule has 0 spiro atoms. The van der Waals surface area contributed by atoms with E-state index in [1.54, 1.807) is 0 Å². The van der Waals surface area contributed by atoms with E-state index in [9.17, 15) is 9.59 Å². The molecule has 16 nitrogen and oxygen atoms in total. The lowest BCUT2D eigenvalue weighted by molar-refractivity contribution is 0.0944. The third-order valence-corrected chi connectivity index (χ3v) is 13.2. The van der Waals surface area contributed by atoms with Crippen molar-refractivity contribution < 1.29 is 19.1 Å². The molecule has 0 saturated heterocycles. The first-order valence-corrected chi connectivity index (χ1v) is 25.9. The SMILES string of the molecule is CN(C)CCCNC(=O)c1ccc2nc(-c3ccc4nc(-c5ccc(OCCCCCCCOc6ccc(-c7nc8ccc(-c9nc%10ccc(C(=O)NCCCN(C)C)cc%10[nH]9)cc8[nH]7)cc6)cc5)[nH]c4c3)[nH]c2c1. The van der Waals surface area contributed by atoms with Gasteiger partial charge in [-0.1, -0.05) is 19.3 Å². The number of rotatable bonds is 24. The van der Waals surface area contributed by atoms with Gasteiger partial charge < -0.3 is 49.8 Å². The van der Waals surface area contributed by atoms with Crippen LogP contribution in [0.25, 0.3) is 89.7 Å². The number of unbranched alkanes of at least 4 members (excludes halogenated alkanes) is 4. The van der Waals surface area contributed by atoms with Crippen LogP contribution in [0, 0.1) is 0 Å². The average Bonchev–Trinajstić information content (AvgIpc) is 4.25. The number of nitrogens with zero attached hydrogens (tertiary/aromatic N) is 6. The fourth-order valence-corrected chi connectivity index (χ4v) is 9.09. The van der Waals surface area contributed by atoms with Crippen LogP contribution in [0.3, 0.4) is 0 Å². The highest BCUT2D eigenvalue weighted by atomic mass is 16.5. The minimum atomic E-state index is -0.0879. The third-order valence-electron chi connectivity index (χ3n) is 13.2. The van der Waals surface area contributed by atoms with Gasteiger partial charge in [0.15, 0.2) is 0 Å². The van der Waals surface area contributed by atoms with E-state index in [-0.39, 0.29) is 11.8 Å². The summed E-state index contributed by atoms with van der Waals surface area (Å²) in [6.07, 6.45) is 7.05. The first kappa shape index (κ1) is 50.2. The van der Waals surface area contributed by atoms with Gasteiger partial charge in [-0.15, -0.1) is 0 Å². The van der Waals surface area contributed by atoms with Gasteiger partial charge in [-0.3, -0.25) is 9.59 Å². The number of hydrogen-bond acceptors (Lipinski definition) is 10. The maximum Gasteiger partial charge on any atom is 0.251 e. The van der Waals surface area contributed by atoms with Crippen LogP contribution in [0.5, 0.6) is 11.5 Å². The Balaban J connectivity index is 0.629. The van der Waals surface area contributed by atoms with Gasteiger partial charge in [0.1, 0.15) is 34.8 Å². The molecule has 4 heterocycles. The predicted octanol–water partition coefficient (Wildman–Crippen LogP) is 10.6. The third kappa shape index (κ3) is 12.5. The summed E-state index contributed by atoms with van der Waals surface area (Å²) < 4.78 is 12.2. The summed E-state index contributed by atoms with van der Waals surface area (Å²) in [7, 11) is 8.10. The van der Waals surface area contributed by atoms with E-state index in [1.165, 1.54) is 0 Å². The van der Waals surface area contributed by atoms with Crippen molar-refractivity contribution in [2.45, 2.75) is 44.9 Å². The number of ether oxygens (including phenoxy) is 2. The Morgan fingerprint density at radius 1 is 0.413 bits per heavy atom. The molecular formula is C59H64N12O4. The maximum absolute atomic E-state index is 12.8. The molecule has 0 unspecified atom stereocenters. The van der Waals surface area contributed by atoms with Gasteiger partial charge >= 0.3 is 0 Å². The highest BCUT2D eigenvalue weighted by molar-refractivity contribution is 5.99. The molecule has 10 rings (SSSR count). The van der Waals surface area contributed by atoms with Gasteiger partial charge in [0.05, 0.1) is 57.3 Å². The summed E-state index contributed by atoms with van der Waals surface area (Å²) in [6, 6.07) is 39.3. The molecule has 0 aliphatic carbocycles. The van der Waals surface area contributed by atoms with Crippen LogP contribution in [0.1, 0.15) is 65.7 Å². The first-order valence-electron chi connectivity index (χ1n) is 25.9. The molecule has 0 fully saturated rings. The molecule has 6 aromatic carbocycles. The van der Waals surface area contributed by atoms with E-state index >= 15 is 0 Å². The second-order valence-corrected chi connectivity index (χ2v) is 19.6. The Morgan fingerprint density at radius 2 is 0.747 bits per heavy atom. The van der Waals surface area contributed by atoms with E-state index in [4.69, 9.17) is 29.4 Å². The van der Waals surface area contributed by atoms with Crippen molar-refractivity contribution in [3.05, 3.63) is 132 Å². The second kappa shape index (κ2) is 23.3. The standard InChI is InChI=1S/C59H64N12O4/c1-70(2)30-10-28-60-58(72)42-18-26-48-52(36-42)68-56(64-48)40-16-24-46-50(34-40)66-54(62-46)38-12-20-44(21-13-38)74-32-8-6-5-7-9-33-75-45-22-14-39(15-23-45)55-63-47-25-17-41(35-51(47)67-55)57-65-49-27-19-43(37-53(49)69-57)59(73)61-29-11-31-71(3)4/h12-27,34-37H,5-11,28-33H2,1-4H3,(H,60,72)(H,61,73)(H,62,66)(H,63,67)(H,64,68)(H,65,69). The zero-order valence-corrected chi connectivity index (χ0v) is 43.1. The smallest absolute Gasteiger partial charge is 0.251 e. The molecular weight excluding hydrogens is 941 g/mol. The van der Waals surface area contributed by atoms with Crippen molar-refractivity contribution in [3.63, 3.8) is 0 Å². The van der Waals surface area contributed by atoms with Gasteiger partial charge in [0.2, 0.25) is 0 Å². The lowest BCUT2D eigenvalue weighted by atomic mass is 10.1. The van der Waals surface area contributed by atoms with Crippen LogP contribution in [-0.2, 0) is 0 Å². The largest absolute Gasteiger partial charge is 0.494 e. The number of amides is 2. The van der Waals surface area contributed by atoms with E-state index in [1.807, 2.05) is 150 Å². The molecule has 0 saturated carbocycles. The Labute approximate surface area is 435 Å². The average molecular weight is 1010 g/mol. The van der Waals surface area contributed by atoms with E-state index < -0.39 is 0 Å². The van der Waals surface area contributed by atoms with Crippen molar-refractivity contribution in [1.29, 1.82) is 0 Å². The van der Waals surface area contributed by atoms with Crippen molar-refractivity contribution in [3.8, 4) is 57.1 Å². The number of fused-ring (bicyclic) bond motifs is 4. The predicted molar refractivity (Wildman–Crippen MR) is 298 cm³/mol. The molecule has 0 aliphatic heterocycles. The number of imidazole rings is 4. The van der Waals surface area contributed by atoms with Crippen LogP contribution in [0.15, 0.2) is 121 Å². The highest BCUT2D eigenvalue weighted by Crippen LogP contribution is 2.30. The van der Waals surface area contributed by atoms with E-state index in [2.05, 4.69) is 40.4 Å². The molecule has 16 heteroatoms. The Kier molecular flexibility index (Phi) is 15.6. The molecule has 0 bridgehead atoms. The van der Waals surface area contributed by atoms with Gasteiger partial charge in [0.25, 0.3) is 11.8 Å². The van der Waals surface area contributed by atoms with Crippen LogP contribution in [-0.4, -0.2) is 129 Å². The van der Waals surface area contributed by atoms with Crippen LogP contribution < -0.4 is 20.1 Å². The number of aromatic amines is 4. The fraction of sp³-hybridized carbons (Fsp3) is 0.288. The van der Waals surface area contributed by atoms with Crippen LogP contribution in [0.2, 0.25) is 0 Å².